The topological polar surface area (TPSA) is 86.7 Å². The Labute approximate surface area is 98.2 Å². The first-order valence-electron chi connectivity index (χ1n) is 5.19. The summed E-state index contributed by atoms with van der Waals surface area (Å²) in [6.45, 7) is 1.78. The fourth-order valence-electron chi connectivity index (χ4n) is 1.54. The summed E-state index contributed by atoms with van der Waals surface area (Å²) < 4.78 is 1.44. The van der Waals surface area contributed by atoms with E-state index in [9.17, 15) is 4.79 Å². The molecular formula is C11H13N5O. The van der Waals surface area contributed by atoms with Crippen LogP contribution in [0, 0.1) is 0 Å². The monoisotopic (exact) mass is 231 g/mol. The lowest BCUT2D eigenvalue weighted by molar-refractivity contribution is 0.648. The molecule has 0 aliphatic rings. The van der Waals surface area contributed by atoms with Crippen molar-refractivity contribution in [2.45, 2.75) is 13.0 Å². The third-order valence-electron chi connectivity index (χ3n) is 2.42. The Kier molecular flexibility index (Phi) is 2.97. The lowest BCUT2D eigenvalue weighted by Gasteiger charge is -2.11. The van der Waals surface area contributed by atoms with Gasteiger partial charge in [0.15, 0.2) is 0 Å². The maximum Gasteiger partial charge on any atom is 0.253 e. The zero-order chi connectivity index (χ0) is 12.4. The van der Waals surface area contributed by atoms with Crippen molar-refractivity contribution in [2.75, 3.05) is 0 Å². The van der Waals surface area contributed by atoms with Gasteiger partial charge in [0.05, 0.1) is 17.4 Å². The zero-order valence-corrected chi connectivity index (χ0v) is 9.66. The highest BCUT2D eigenvalue weighted by atomic mass is 16.1. The van der Waals surface area contributed by atoms with Crippen molar-refractivity contribution >= 4 is 0 Å². The van der Waals surface area contributed by atoms with Crippen molar-refractivity contribution in [3.05, 3.63) is 40.8 Å². The summed E-state index contributed by atoms with van der Waals surface area (Å²) in [4.78, 5) is 24.0. The molecule has 6 nitrogen and oxygen atoms in total. The number of nitrogens with zero attached hydrogens (tertiary/aromatic N) is 4. The molecule has 0 amide bonds. The SMILES string of the molecule is CC(N)c1nc(-c2ccncn2)cc(=O)n1C. The summed E-state index contributed by atoms with van der Waals surface area (Å²) in [6.07, 6.45) is 3.02. The van der Waals surface area contributed by atoms with Crippen molar-refractivity contribution in [1.82, 2.24) is 19.5 Å². The van der Waals surface area contributed by atoms with Gasteiger partial charge in [0.25, 0.3) is 5.56 Å². The predicted molar refractivity (Wildman–Crippen MR) is 63.1 cm³/mol. The Morgan fingerprint density at radius 1 is 1.41 bits per heavy atom. The van der Waals surface area contributed by atoms with E-state index in [-0.39, 0.29) is 11.6 Å². The van der Waals surface area contributed by atoms with Crippen LogP contribution in [0.4, 0.5) is 0 Å². The Hall–Kier alpha value is -2.08. The molecule has 0 fully saturated rings. The predicted octanol–water partition coefficient (Wildman–Crippen LogP) is 0.257. The average molecular weight is 231 g/mol. The van der Waals surface area contributed by atoms with Gasteiger partial charge in [-0.3, -0.25) is 9.36 Å². The minimum Gasteiger partial charge on any atom is -0.322 e. The molecule has 0 aromatic carbocycles. The highest BCUT2D eigenvalue weighted by Crippen LogP contribution is 2.13. The van der Waals surface area contributed by atoms with Crippen LogP contribution < -0.4 is 11.3 Å². The number of aromatic nitrogens is 4. The van der Waals surface area contributed by atoms with E-state index in [1.807, 2.05) is 0 Å². The van der Waals surface area contributed by atoms with Crippen LogP contribution in [0.3, 0.4) is 0 Å². The number of nitrogens with two attached hydrogens (primary N) is 1. The molecule has 1 unspecified atom stereocenters. The van der Waals surface area contributed by atoms with Gasteiger partial charge in [-0.15, -0.1) is 0 Å². The van der Waals surface area contributed by atoms with Crippen molar-refractivity contribution < 1.29 is 0 Å². The average Bonchev–Trinajstić information content (AvgIpc) is 2.33. The second-order valence-corrected chi connectivity index (χ2v) is 3.78. The van der Waals surface area contributed by atoms with E-state index in [1.165, 1.54) is 17.0 Å². The van der Waals surface area contributed by atoms with Crippen molar-refractivity contribution in [3.8, 4) is 11.4 Å². The quantitative estimate of drug-likeness (QED) is 0.801. The third-order valence-corrected chi connectivity index (χ3v) is 2.42. The molecule has 0 saturated heterocycles. The Bertz CT molecular complexity index is 576. The maximum atomic E-state index is 11.8. The zero-order valence-electron chi connectivity index (χ0n) is 9.66. The van der Waals surface area contributed by atoms with Crippen LogP contribution in [0.1, 0.15) is 18.8 Å². The van der Waals surface area contributed by atoms with Crippen molar-refractivity contribution in [1.29, 1.82) is 0 Å². The molecule has 17 heavy (non-hydrogen) atoms. The minimum absolute atomic E-state index is 0.152. The van der Waals surface area contributed by atoms with E-state index in [2.05, 4.69) is 15.0 Å². The van der Waals surface area contributed by atoms with Gasteiger partial charge in [-0.05, 0) is 13.0 Å². The van der Waals surface area contributed by atoms with Gasteiger partial charge >= 0.3 is 0 Å². The molecule has 2 heterocycles. The Morgan fingerprint density at radius 2 is 2.18 bits per heavy atom. The summed E-state index contributed by atoms with van der Waals surface area (Å²) >= 11 is 0. The van der Waals surface area contributed by atoms with Gasteiger partial charge in [-0.1, -0.05) is 0 Å². The molecular weight excluding hydrogens is 218 g/mol. The first-order chi connectivity index (χ1) is 8.09. The minimum atomic E-state index is -0.311. The second-order valence-electron chi connectivity index (χ2n) is 3.78. The highest BCUT2D eigenvalue weighted by Gasteiger charge is 2.11. The highest BCUT2D eigenvalue weighted by molar-refractivity contribution is 5.52. The van der Waals surface area contributed by atoms with Crippen molar-refractivity contribution in [2.24, 2.45) is 12.8 Å². The van der Waals surface area contributed by atoms with E-state index in [0.29, 0.717) is 17.2 Å². The molecule has 1 atom stereocenters. The summed E-state index contributed by atoms with van der Waals surface area (Å²) in [5, 5.41) is 0. The summed E-state index contributed by atoms with van der Waals surface area (Å²) in [5.41, 5.74) is 6.75. The normalized spacial score (nSPS) is 12.4. The Balaban J connectivity index is 2.62. The Morgan fingerprint density at radius 3 is 2.76 bits per heavy atom. The summed E-state index contributed by atoms with van der Waals surface area (Å²) in [6, 6.07) is 2.83. The van der Waals surface area contributed by atoms with E-state index in [0.717, 1.165) is 0 Å². The van der Waals surface area contributed by atoms with Crippen LogP contribution in [0.25, 0.3) is 11.4 Å². The van der Waals surface area contributed by atoms with Crippen LogP contribution >= 0.6 is 0 Å². The molecule has 2 aromatic rings. The summed E-state index contributed by atoms with van der Waals surface area (Å²) in [5.74, 6) is 0.533. The molecule has 0 aliphatic heterocycles. The van der Waals surface area contributed by atoms with E-state index < -0.39 is 0 Å². The van der Waals surface area contributed by atoms with E-state index in [4.69, 9.17) is 5.73 Å². The van der Waals surface area contributed by atoms with Gasteiger partial charge in [-0.2, -0.15) is 0 Å². The molecule has 2 N–H and O–H groups in total. The van der Waals surface area contributed by atoms with Gasteiger partial charge in [0.1, 0.15) is 12.2 Å². The molecule has 88 valence electrons. The first-order valence-corrected chi connectivity index (χ1v) is 5.19. The maximum absolute atomic E-state index is 11.8. The molecule has 2 rings (SSSR count). The van der Waals surface area contributed by atoms with Gasteiger partial charge in [-0.25, -0.2) is 15.0 Å². The van der Waals surface area contributed by atoms with Gasteiger partial charge in [0, 0.05) is 19.3 Å². The first kappa shape index (κ1) is 11.4. The molecule has 0 aliphatic carbocycles. The standard InChI is InChI=1S/C11H13N5O/c1-7(12)11-15-9(5-10(17)16(11)2)8-3-4-13-6-14-8/h3-7H,12H2,1-2H3. The summed E-state index contributed by atoms with van der Waals surface area (Å²) in [7, 11) is 1.65. The molecule has 0 saturated carbocycles. The largest absolute Gasteiger partial charge is 0.322 e. The molecule has 2 aromatic heterocycles. The van der Waals surface area contributed by atoms with E-state index >= 15 is 0 Å². The van der Waals surface area contributed by atoms with E-state index in [1.54, 1.807) is 26.2 Å². The van der Waals surface area contributed by atoms with Crippen molar-refractivity contribution in [3.63, 3.8) is 0 Å². The third kappa shape index (κ3) is 2.21. The van der Waals surface area contributed by atoms with Gasteiger partial charge < -0.3 is 5.73 Å². The molecule has 0 radical (unpaired) electrons. The lowest BCUT2D eigenvalue weighted by Crippen LogP contribution is -2.25. The fraction of sp³-hybridized carbons (Fsp3) is 0.273. The number of hydrogen-bond donors (Lipinski definition) is 1. The number of hydrogen-bond acceptors (Lipinski definition) is 5. The van der Waals surface area contributed by atoms with Gasteiger partial charge in [0.2, 0.25) is 0 Å². The van der Waals surface area contributed by atoms with Crippen LogP contribution in [0.15, 0.2) is 29.5 Å². The molecule has 6 heteroatoms. The molecule has 0 spiro atoms. The van der Waals surface area contributed by atoms with Crippen LogP contribution in [-0.2, 0) is 7.05 Å². The van der Waals surface area contributed by atoms with Crippen LogP contribution in [0.2, 0.25) is 0 Å². The second kappa shape index (κ2) is 4.42. The lowest BCUT2D eigenvalue weighted by atomic mass is 10.2. The van der Waals surface area contributed by atoms with Crippen LogP contribution in [0.5, 0.6) is 0 Å². The fourth-order valence-corrected chi connectivity index (χ4v) is 1.54. The molecule has 0 bridgehead atoms. The number of rotatable bonds is 2. The van der Waals surface area contributed by atoms with Crippen LogP contribution in [-0.4, -0.2) is 19.5 Å². The smallest absolute Gasteiger partial charge is 0.253 e.